The molecule has 0 fully saturated rings. The number of nitrogen functional groups attached to an aromatic ring is 1. The summed E-state index contributed by atoms with van der Waals surface area (Å²) in [6.45, 7) is 1.90. The molecule has 2 N–H and O–H groups in total. The van der Waals surface area contributed by atoms with Crippen molar-refractivity contribution < 1.29 is 0 Å². The Morgan fingerprint density at radius 3 is 2.88 bits per heavy atom. The Hall–Kier alpha value is -2.50. The molecule has 0 bridgehead atoms. The van der Waals surface area contributed by atoms with E-state index in [0.717, 1.165) is 16.9 Å². The molecular weight excluding hydrogens is 216 g/mol. The first-order chi connectivity index (χ1) is 8.25. The van der Waals surface area contributed by atoms with Gasteiger partial charge in [0.1, 0.15) is 29.8 Å². The first-order valence-electron chi connectivity index (χ1n) is 5.13. The van der Waals surface area contributed by atoms with Crippen LogP contribution in [-0.4, -0.2) is 24.5 Å². The quantitative estimate of drug-likeness (QED) is 0.671. The number of nitrogens with two attached hydrogens (primary N) is 1. The van der Waals surface area contributed by atoms with Crippen molar-refractivity contribution in [2.75, 3.05) is 5.73 Å². The molecule has 0 radical (unpaired) electrons. The van der Waals surface area contributed by atoms with Gasteiger partial charge in [-0.15, -0.1) is 0 Å². The minimum atomic E-state index is 0.468. The largest absolute Gasteiger partial charge is 0.384 e. The summed E-state index contributed by atoms with van der Waals surface area (Å²) in [5, 5.41) is 0. The molecule has 0 amide bonds. The van der Waals surface area contributed by atoms with Crippen LogP contribution in [0.4, 0.5) is 5.82 Å². The molecular formula is C11H10N6. The summed E-state index contributed by atoms with van der Waals surface area (Å²) in [7, 11) is 0. The van der Waals surface area contributed by atoms with Crippen LogP contribution in [0, 0.1) is 6.92 Å². The van der Waals surface area contributed by atoms with Crippen LogP contribution < -0.4 is 5.73 Å². The molecule has 0 saturated carbocycles. The maximum absolute atomic E-state index is 5.66. The van der Waals surface area contributed by atoms with Gasteiger partial charge in [0, 0.05) is 0 Å². The van der Waals surface area contributed by atoms with Gasteiger partial charge in [-0.1, -0.05) is 6.07 Å². The Morgan fingerprint density at radius 1 is 1.18 bits per heavy atom. The van der Waals surface area contributed by atoms with E-state index in [1.807, 2.05) is 19.1 Å². The molecule has 0 spiro atoms. The maximum Gasteiger partial charge on any atom is 0.169 e. The number of aryl methyl sites for hydroxylation is 1. The zero-order valence-corrected chi connectivity index (χ0v) is 9.20. The van der Waals surface area contributed by atoms with Gasteiger partial charge in [0.05, 0.1) is 5.69 Å². The molecule has 0 unspecified atom stereocenters. The van der Waals surface area contributed by atoms with Crippen LogP contribution in [0.3, 0.4) is 0 Å². The van der Waals surface area contributed by atoms with Gasteiger partial charge in [-0.2, -0.15) is 0 Å². The summed E-state index contributed by atoms with van der Waals surface area (Å²) in [5.74, 6) is 1.17. The smallest absolute Gasteiger partial charge is 0.169 e. The summed E-state index contributed by atoms with van der Waals surface area (Å²) < 4.78 is 1.79. The second kappa shape index (κ2) is 3.51. The monoisotopic (exact) mass is 226 g/mol. The lowest BCUT2D eigenvalue weighted by atomic mass is 10.4. The fraction of sp³-hybridized carbons (Fsp3) is 0.0909. The van der Waals surface area contributed by atoms with Crippen molar-refractivity contribution in [1.29, 1.82) is 0 Å². The van der Waals surface area contributed by atoms with Crippen LogP contribution in [0.2, 0.25) is 0 Å². The highest BCUT2D eigenvalue weighted by Gasteiger charge is 2.09. The predicted octanol–water partition coefficient (Wildman–Crippen LogP) is 1.10. The van der Waals surface area contributed by atoms with Crippen LogP contribution >= 0.6 is 0 Å². The number of hydrogen-bond donors (Lipinski definition) is 1. The van der Waals surface area contributed by atoms with E-state index in [-0.39, 0.29) is 0 Å². The van der Waals surface area contributed by atoms with Gasteiger partial charge in [-0.25, -0.2) is 19.9 Å². The third-order valence-electron chi connectivity index (χ3n) is 2.52. The van der Waals surface area contributed by atoms with E-state index in [0.29, 0.717) is 11.6 Å². The number of pyridine rings is 1. The highest BCUT2D eigenvalue weighted by Crippen LogP contribution is 2.16. The van der Waals surface area contributed by atoms with E-state index in [4.69, 9.17) is 5.73 Å². The highest BCUT2D eigenvalue weighted by molar-refractivity contribution is 5.74. The highest BCUT2D eigenvalue weighted by atomic mass is 15.2. The van der Waals surface area contributed by atoms with Gasteiger partial charge in [0.15, 0.2) is 5.65 Å². The minimum Gasteiger partial charge on any atom is -0.384 e. The predicted molar refractivity (Wildman–Crippen MR) is 63.6 cm³/mol. The van der Waals surface area contributed by atoms with Crippen LogP contribution in [0.25, 0.3) is 17.0 Å². The van der Waals surface area contributed by atoms with Gasteiger partial charge in [0.25, 0.3) is 0 Å². The molecule has 0 saturated heterocycles. The second-order valence-electron chi connectivity index (χ2n) is 3.67. The van der Waals surface area contributed by atoms with Crippen LogP contribution in [0.1, 0.15) is 5.69 Å². The molecule has 17 heavy (non-hydrogen) atoms. The van der Waals surface area contributed by atoms with E-state index in [1.165, 1.54) is 6.33 Å². The van der Waals surface area contributed by atoms with E-state index < -0.39 is 0 Å². The van der Waals surface area contributed by atoms with Gasteiger partial charge in [-0.05, 0) is 19.1 Å². The van der Waals surface area contributed by atoms with Crippen molar-refractivity contribution in [2.45, 2.75) is 6.92 Å². The Bertz CT molecular complexity index is 687. The fourth-order valence-electron chi connectivity index (χ4n) is 1.69. The molecule has 3 rings (SSSR count). The maximum atomic E-state index is 5.66. The lowest BCUT2D eigenvalue weighted by molar-refractivity contribution is 1.00. The summed E-state index contributed by atoms with van der Waals surface area (Å²) >= 11 is 0. The van der Waals surface area contributed by atoms with Crippen molar-refractivity contribution in [3.63, 3.8) is 0 Å². The topological polar surface area (TPSA) is 82.5 Å². The van der Waals surface area contributed by atoms with Crippen molar-refractivity contribution in [3.8, 4) is 5.82 Å². The summed E-state index contributed by atoms with van der Waals surface area (Å²) in [4.78, 5) is 16.8. The molecule has 0 aromatic carbocycles. The molecule has 0 aliphatic rings. The van der Waals surface area contributed by atoms with E-state index in [9.17, 15) is 0 Å². The Kier molecular flexibility index (Phi) is 2.01. The lowest BCUT2D eigenvalue weighted by Gasteiger charge is -2.02. The summed E-state index contributed by atoms with van der Waals surface area (Å²) in [6.07, 6.45) is 3.19. The number of imidazole rings is 1. The molecule has 6 heteroatoms. The molecule has 6 nitrogen and oxygen atoms in total. The van der Waals surface area contributed by atoms with E-state index >= 15 is 0 Å². The van der Waals surface area contributed by atoms with Crippen molar-refractivity contribution in [3.05, 3.63) is 36.5 Å². The second-order valence-corrected chi connectivity index (χ2v) is 3.67. The Labute approximate surface area is 97.2 Å². The van der Waals surface area contributed by atoms with Gasteiger partial charge in [0.2, 0.25) is 0 Å². The molecule has 0 aliphatic carbocycles. The Balaban J connectivity index is 2.28. The van der Waals surface area contributed by atoms with Crippen LogP contribution in [0.5, 0.6) is 0 Å². The minimum absolute atomic E-state index is 0.468. The van der Waals surface area contributed by atoms with E-state index in [2.05, 4.69) is 19.9 Å². The normalized spacial score (nSPS) is 10.9. The zero-order chi connectivity index (χ0) is 11.8. The lowest BCUT2D eigenvalue weighted by Crippen LogP contribution is -2.00. The molecule has 0 aliphatic heterocycles. The SMILES string of the molecule is Cc1ncnc2c1ncn2-c1cccc(N)n1. The molecule has 3 heterocycles. The average Bonchev–Trinajstić information content (AvgIpc) is 2.74. The number of nitrogens with zero attached hydrogens (tertiary/aromatic N) is 5. The van der Waals surface area contributed by atoms with Crippen molar-refractivity contribution in [2.24, 2.45) is 0 Å². The number of aromatic nitrogens is 5. The summed E-state index contributed by atoms with van der Waals surface area (Å²) in [6, 6.07) is 5.44. The summed E-state index contributed by atoms with van der Waals surface area (Å²) in [5.41, 5.74) is 8.01. The van der Waals surface area contributed by atoms with Crippen molar-refractivity contribution >= 4 is 17.0 Å². The first kappa shape index (κ1) is 9.71. The molecule has 3 aromatic rings. The zero-order valence-electron chi connectivity index (χ0n) is 9.20. The van der Waals surface area contributed by atoms with Crippen molar-refractivity contribution in [1.82, 2.24) is 24.5 Å². The number of rotatable bonds is 1. The first-order valence-corrected chi connectivity index (χ1v) is 5.13. The average molecular weight is 226 g/mol. The Morgan fingerprint density at radius 2 is 2.06 bits per heavy atom. The van der Waals surface area contributed by atoms with Crippen LogP contribution in [-0.2, 0) is 0 Å². The van der Waals surface area contributed by atoms with E-state index in [1.54, 1.807) is 17.0 Å². The number of fused-ring (bicyclic) bond motifs is 1. The standard InChI is InChI=1S/C11H10N6/c1-7-10-11(14-5-13-7)17(6-15-10)9-4-2-3-8(12)16-9/h2-6H,1H3,(H2,12,16). The van der Waals surface area contributed by atoms with Gasteiger partial charge in [-0.3, -0.25) is 4.57 Å². The third kappa shape index (κ3) is 1.50. The van der Waals surface area contributed by atoms with Crippen LogP contribution in [0.15, 0.2) is 30.9 Å². The molecule has 84 valence electrons. The molecule has 0 atom stereocenters. The van der Waals surface area contributed by atoms with Gasteiger partial charge >= 0.3 is 0 Å². The third-order valence-corrected chi connectivity index (χ3v) is 2.52. The number of hydrogen-bond acceptors (Lipinski definition) is 5. The number of anilines is 1. The van der Waals surface area contributed by atoms with Gasteiger partial charge < -0.3 is 5.73 Å². The fourth-order valence-corrected chi connectivity index (χ4v) is 1.69. The molecule has 3 aromatic heterocycles.